The van der Waals surface area contributed by atoms with Crippen molar-refractivity contribution in [3.8, 4) is 0 Å². The summed E-state index contributed by atoms with van der Waals surface area (Å²) in [6.45, 7) is 8.51. The zero-order valence-electron chi connectivity index (χ0n) is 13.2. The molecule has 4 rings (SSSR count). The Morgan fingerprint density at radius 1 is 0.636 bits per heavy atom. The molecule has 0 amide bonds. The summed E-state index contributed by atoms with van der Waals surface area (Å²) in [5.41, 5.74) is 6.15. The van der Waals surface area contributed by atoms with E-state index in [0.29, 0.717) is 0 Å². The van der Waals surface area contributed by atoms with Gasteiger partial charge < -0.3 is 0 Å². The number of halogens is 2. The molecule has 0 spiro atoms. The van der Waals surface area contributed by atoms with Crippen LogP contribution in [-0.4, -0.2) is 0 Å². The molecule has 0 aromatic heterocycles. The van der Waals surface area contributed by atoms with Crippen molar-refractivity contribution >= 4 is 11.1 Å². The standard InChI is InChI=1S/C20H18F2/c1-19(2)15-9-11(21)5-7-13(15)18-17(19)14-8-6-12(22)10-16(14)20(18,3)4/h5-10H,1-4H3. The number of rotatable bonds is 0. The number of hydrogen-bond acceptors (Lipinski definition) is 0. The maximum atomic E-state index is 13.8. The largest absolute Gasteiger partial charge is 0.207 e. The number of allylic oxidation sites excluding steroid dienone is 2. The third-order valence-corrected chi connectivity index (χ3v) is 5.35. The van der Waals surface area contributed by atoms with Crippen LogP contribution in [0.5, 0.6) is 0 Å². The molecule has 0 atom stereocenters. The van der Waals surface area contributed by atoms with Gasteiger partial charge in [0.05, 0.1) is 0 Å². The maximum Gasteiger partial charge on any atom is 0.123 e. The van der Waals surface area contributed by atoms with Gasteiger partial charge in [-0.2, -0.15) is 0 Å². The third kappa shape index (κ3) is 1.45. The average Bonchev–Trinajstić information content (AvgIpc) is 2.81. The summed E-state index contributed by atoms with van der Waals surface area (Å²) < 4.78 is 27.5. The van der Waals surface area contributed by atoms with Gasteiger partial charge >= 0.3 is 0 Å². The predicted molar refractivity (Wildman–Crippen MR) is 85.7 cm³/mol. The number of benzene rings is 2. The Morgan fingerprint density at radius 3 is 1.36 bits per heavy atom. The van der Waals surface area contributed by atoms with Crippen LogP contribution in [0.2, 0.25) is 0 Å². The Labute approximate surface area is 129 Å². The van der Waals surface area contributed by atoms with Gasteiger partial charge in [0, 0.05) is 10.8 Å². The number of hydrogen-bond donors (Lipinski definition) is 0. The molecule has 0 aliphatic heterocycles. The quantitative estimate of drug-likeness (QED) is 0.605. The van der Waals surface area contributed by atoms with Crippen molar-refractivity contribution in [1.82, 2.24) is 0 Å². The lowest BCUT2D eigenvalue weighted by atomic mass is 9.76. The van der Waals surface area contributed by atoms with Gasteiger partial charge in [-0.25, -0.2) is 8.78 Å². The molecular weight excluding hydrogens is 278 g/mol. The molecule has 112 valence electrons. The van der Waals surface area contributed by atoms with E-state index < -0.39 is 0 Å². The van der Waals surface area contributed by atoms with E-state index in [0.717, 1.165) is 22.3 Å². The molecule has 0 unspecified atom stereocenters. The summed E-state index contributed by atoms with van der Waals surface area (Å²) in [6.07, 6.45) is 0. The Bertz CT molecular complexity index is 783. The first-order chi connectivity index (χ1) is 10.2. The van der Waals surface area contributed by atoms with Crippen LogP contribution >= 0.6 is 0 Å². The highest BCUT2D eigenvalue weighted by molar-refractivity contribution is 6.09. The van der Waals surface area contributed by atoms with E-state index >= 15 is 0 Å². The lowest BCUT2D eigenvalue weighted by Crippen LogP contribution is -2.19. The summed E-state index contributed by atoms with van der Waals surface area (Å²) in [5.74, 6) is -0.407. The van der Waals surface area contributed by atoms with Gasteiger partial charge in [0.25, 0.3) is 0 Å². The van der Waals surface area contributed by atoms with Crippen molar-refractivity contribution in [3.05, 3.63) is 70.3 Å². The molecule has 0 saturated heterocycles. The van der Waals surface area contributed by atoms with Gasteiger partial charge in [-0.15, -0.1) is 0 Å². The molecule has 22 heavy (non-hydrogen) atoms. The minimum absolute atomic E-state index is 0.204. The van der Waals surface area contributed by atoms with Crippen molar-refractivity contribution in [3.63, 3.8) is 0 Å². The third-order valence-electron chi connectivity index (χ3n) is 5.35. The Hall–Kier alpha value is -1.96. The van der Waals surface area contributed by atoms with Gasteiger partial charge in [-0.1, -0.05) is 39.8 Å². The smallest absolute Gasteiger partial charge is 0.123 e. The van der Waals surface area contributed by atoms with E-state index in [9.17, 15) is 8.78 Å². The van der Waals surface area contributed by atoms with Crippen LogP contribution in [0.3, 0.4) is 0 Å². The molecule has 2 aromatic rings. The molecule has 2 aromatic carbocycles. The van der Waals surface area contributed by atoms with Gasteiger partial charge in [-0.05, 0) is 57.7 Å². The fourth-order valence-corrected chi connectivity index (χ4v) is 4.34. The van der Waals surface area contributed by atoms with Crippen LogP contribution in [0.15, 0.2) is 36.4 Å². The summed E-state index contributed by atoms with van der Waals surface area (Å²) >= 11 is 0. The summed E-state index contributed by atoms with van der Waals surface area (Å²) in [4.78, 5) is 0. The zero-order valence-corrected chi connectivity index (χ0v) is 13.2. The molecule has 2 aliphatic carbocycles. The van der Waals surface area contributed by atoms with Crippen molar-refractivity contribution in [2.24, 2.45) is 0 Å². The van der Waals surface area contributed by atoms with Crippen molar-refractivity contribution in [2.45, 2.75) is 38.5 Å². The monoisotopic (exact) mass is 296 g/mol. The second kappa shape index (κ2) is 3.87. The van der Waals surface area contributed by atoms with Crippen LogP contribution in [0.25, 0.3) is 11.1 Å². The fraction of sp³-hybridized carbons (Fsp3) is 0.300. The molecule has 0 radical (unpaired) electrons. The fourth-order valence-electron chi connectivity index (χ4n) is 4.34. The Kier molecular flexibility index (Phi) is 2.40. The van der Waals surface area contributed by atoms with Crippen LogP contribution in [0, 0.1) is 11.6 Å². The van der Waals surface area contributed by atoms with Gasteiger partial charge in [0.2, 0.25) is 0 Å². The van der Waals surface area contributed by atoms with Crippen LogP contribution < -0.4 is 0 Å². The van der Waals surface area contributed by atoms with Crippen LogP contribution in [0.1, 0.15) is 49.9 Å². The molecule has 2 heteroatoms. The summed E-state index contributed by atoms with van der Waals surface area (Å²) in [7, 11) is 0. The summed E-state index contributed by atoms with van der Waals surface area (Å²) in [6, 6.07) is 10.1. The minimum atomic E-state index is -0.271. The summed E-state index contributed by atoms with van der Waals surface area (Å²) in [5, 5.41) is 0. The first-order valence-corrected chi connectivity index (χ1v) is 7.60. The first-order valence-electron chi connectivity index (χ1n) is 7.60. The van der Waals surface area contributed by atoms with E-state index in [-0.39, 0.29) is 22.5 Å². The van der Waals surface area contributed by atoms with Crippen LogP contribution in [0.4, 0.5) is 8.78 Å². The highest BCUT2D eigenvalue weighted by Gasteiger charge is 2.49. The molecule has 0 heterocycles. The SMILES string of the molecule is CC1(C)C2=C(c3ccc(F)cc31)C(C)(C)c1cc(F)ccc12. The predicted octanol–water partition coefficient (Wildman–Crippen LogP) is 5.46. The Balaban J connectivity index is 2.09. The Morgan fingerprint density at radius 2 is 1.00 bits per heavy atom. The second-order valence-corrected chi connectivity index (χ2v) is 7.38. The second-order valence-electron chi connectivity index (χ2n) is 7.38. The molecular formula is C20H18F2. The average molecular weight is 296 g/mol. The maximum absolute atomic E-state index is 13.8. The van der Waals surface area contributed by atoms with Gasteiger partial charge in [0.15, 0.2) is 0 Å². The molecule has 0 fully saturated rings. The van der Waals surface area contributed by atoms with Crippen molar-refractivity contribution in [1.29, 1.82) is 0 Å². The highest BCUT2D eigenvalue weighted by Crippen LogP contribution is 2.62. The topological polar surface area (TPSA) is 0 Å². The van der Waals surface area contributed by atoms with Gasteiger partial charge in [-0.3, -0.25) is 0 Å². The van der Waals surface area contributed by atoms with E-state index in [2.05, 4.69) is 27.7 Å². The molecule has 0 saturated carbocycles. The van der Waals surface area contributed by atoms with E-state index in [1.54, 1.807) is 12.1 Å². The minimum Gasteiger partial charge on any atom is -0.207 e. The molecule has 0 N–H and O–H groups in total. The normalized spacial score (nSPS) is 19.9. The van der Waals surface area contributed by atoms with Gasteiger partial charge in [0.1, 0.15) is 11.6 Å². The van der Waals surface area contributed by atoms with E-state index in [4.69, 9.17) is 0 Å². The lowest BCUT2D eigenvalue weighted by Gasteiger charge is -2.27. The number of fused-ring (bicyclic) bond motifs is 4. The first kappa shape index (κ1) is 13.7. The van der Waals surface area contributed by atoms with Crippen LogP contribution in [-0.2, 0) is 10.8 Å². The highest BCUT2D eigenvalue weighted by atomic mass is 19.1. The van der Waals surface area contributed by atoms with E-state index in [1.165, 1.54) is 23.3 Å². The molecule has 0 nitrogen and oxygen atoms in total. The molecule has 2 aliphatic rings. The van der Waals surface area contributed by atoms with Crippen molar-refractivity contribution < 1.29 is 8.78 Å². The van der Waals surface area contributed by atoms with Crippen molar-refractivity contribution in [2.75, 3.05) is 0 Å². The zero-order chi connectivity index (χ0) is 15.9. The lowest BCUT2D eigenvalue weighted by molar-refractivity contribution is 0.610. The van der Waals surface area contributed by atoms with E-state index in [1.807, 2.05) is 12.1 Å². The molecule has 0 bridgehead atoms.